The van der Waals surface area contributed by atoms with E-state index in [2.05, 4.69) is 60.6 Å². The van der Waals surface area contributed by atoms with Crippen LogP contribution in [0.4, 0.5) is 0 Å². The van der Waals surface area contributed by atoms with E-state index in [0.717, 1.165) is 41.5 Å². The topological polar surface area (TPSA) is 95.9 Å². The van der Waals surface area contributed by atoms with Gasteiger partial charge >= 0.3 is 0 Å². The summed E-state index contributed by atoms with van der Waals surface area (Å²) in [5, 5.41) is 33.0. The molecule has 220 valence electrons. The van der Waals surface area contributed by atoms with E-state index in [4.69, 9.17) is 10.5 Å². The summed E-state index contributed by atoms with van der Waals surface area (Å²) in [6.45, 7) is 14.4. The van der Waals surface area contributed by atoms with Crippen LogP contribution in [-0.4, -0.2) is 35.1 Å². The number of para-hydroxylation sites is 1. The van der Waals surface area contributed by atoms with Crippen LogP contribution in [0, 0.1) is 5.41 Å². The van der Waals surface area contributed by atoms with Crippen molar-refractivity contribution in [2.24, 2.45) is 11.1 Å². The van der Waals surface area contributed by atoms with Crippen molar-refractivity contribution in [1.29, 1.82) is 0 Å². The molecule has 5 heteroatoms. The average molecular weight is 542 g/mol. The van der Waals surface area contributed by atoms with Crippen molar-refractivity contribution >= 4 is 0 Å². The van der Waals surface area contributed by atoms with Crippen LogP contribution in [0.5, 0.6) is 5.75 Å². The second-order valence-electron chi connectivity index (χ2n) is 13.3. The molecular weight excluding hydrogens is 486 g/mol. The zero-order chi connectivity index (χ0) is 29.3. The van der Waals surface area contributed by atoms with Gasteiger partial charge in [0.1, 0.15) is 11.4 Å². The molecule has 2 aromatic carbocycles. The van der Waals surface area contributed by atoms with Gasteiger partial charge in [0.2, 0.25) is 0 Å². The Morgan fingerprint density at radius 2 is 1.21 bits per heavy atom. The predicted octanol–water partition coefficient (Wildman–Crippen LogP) is 6.73. The van der Waals surface area contributed by atoms with Crippen molar-refractivity contribution in [1.82, 2.24) is 0 Å². The van der Waals surface area contributed by atoms with Gasteiger partial charge in [-0.1, -0.05) is 111 Å². The number of ether oxygens (including phenoxy) is 1. The minimum Gasteiger partial charge on any atom is -0.482 e. The van der Waals surface area contributed by atoms with Crippen molar-refractivity contribution in [3.05, 3.63) is 64.7 Å². The highest BCUT2D eigenvalue weighted by Crippen LogP contribution is 2.53. The zero-order valence-electron chi connectivity index (χ0n) is 25.6. The smallest absolute Gasteiger partial charge is 0.147 e. The monoisotopic (exact) mass is 541 g/mol. The summed E-state index contributed by atoms with van der Waals surface area (Å²) in [4.78, 5) is 0. The minimum atomic E-state index is -1.34. The Kier molecular flexibility index (Phi) is 12.0. The lowest BCUT2D eigenvalue weighted by Gasteiger charge is -2.51. The van der Waals surface area contributed by atoms with Gasteiger partial charge in [0.15, 0.2) is 0 Å². The van der Waals surface area contributed by atoms with Crippen molar-refractivity contribution < 1.29 is 20.1 Å². The predicted molar refractivity (Wildman–Crippen MR) is 162 cm³/mol. The van der Waals surface area contributed by atoms with Crippen molar-refractivity contribution in [3.8, 4) is 5.75 Å². The number of aliphatic hydroxyl groups excluding tert-OH is 3. The molecule has 2 aromatic rings. The number of nitrogens with two attached hydrogens (primary N) is 1. The summed E-state index contributed by atoms with van der Waals surface area (Å²) < 4.78 is 7.09. The Labute approximate surface area is 237 Å². The molecule has 0 saturated heterocycles. The normalized spacial score (nSPS) is 14.3. The van der Waals surface area contributed by atoms with Crippen LogP contribution in [-0.2, 0) is 23.0 Å². The fourth-order valence-corrected chi connectivity index (χ4v) is 5.68. The van der Waals surface area contributed by atoms with Gasteiger partial charge in [0.05, 0.1) is 25.2 Å². The maximum absolute atomic E-state index is 11.0. The van der Waals surface area contributed by atoms with E-state index >= 15 is 0 Å². The Balaban J connectivity index is 3.02. The van der Waals surface area contributed by atoms with Gasteiger partial charge in [-0.05, 0) is 52.5 Å². The quantitative estimate of drug-likeness (QED) is 0.188. The first-order valence-corrected chi connectivity index (χ1v) is 14.8. The third-order valence-electron chi connectivity index (χ3n) is 8.14. The maximum atomic E-state index is 11.0. The SMILES string of the molecule is CCCCCCCCC(Oc1ccccc1)(c1c(C(C)(C)C)cc(CN)cc1C(C)(C)C)C(CO)(CO)CO. The highest BCUT2D eigenvalue weighted by Gasteiger charge is 2.57. The number of benzene rings is 2. The molecule has 0 amide bonds. The number of rotatable bonds is 15. The highest BCUT2D eigenvalue weighted by molar-refractivity contribution is 5.51. The fourth-order valence-electron chi connectivity index (χ4n) is 5.68. The van der Waals surface area contributed by atoms with Crippen LogP contribution < -0.4 is 10.5 Å². The van der Waals surface area contributed by atoms with Crippen molar-refractivity contribution in [2.45, 2.75) is 116 Å². The van der Waals surface area contributed by atoms with E-state index in [9.17, 15) is 15.3 Å². The van der Waals surface area contributed by atoms with Gasteiger partial charge in [0, 0.05) is 12.1 Å². The molecule has 0 fully saturated rings. The van der Waals surface area contributed by atoms with Gasteiger partial charge in [-0.2, -0.15) is 0 Å². The molecule has 0 heterocycles. The first-order chi connectivity index (χ1) is 18.4. The Morgan fingerprint density at radius 1 is 0.718 bits per heavy atom. The van der Waals surface area contributed by atoms with E-state index in [1.165, 1.54) is 19.3 Å². The summed E-state index contributed by atoms with van der Waals surface area (Å²) in [5.41, 5.74) is 7.21. The Hall–Kier alpha value is -1.92. The maximum Gasteiger partial charge on any atom is 0.147 e. The van der Waals surface area contributed by atoms with E-state index in [1.807, 2.05) is 30.3 Å². The lowest BCUT2D eigenvalue weighted by atomic mass is 9.60. The van der Waals surface area contributed by atoms with E-state index in [0.29, 0.717) is 18.7 Å². The van der Waals surface area contributed by atoms with Gasteiger partial charge < -0.3 is 25.8 Å². The summed E-state index contributed by atoms with van der Waals surface area (Å²) in [6.07, 6.45) is 7.08. The number of unbranched alkanes of at least 4 members (excludes halogenated alkanes) is 5. The second kappa shape index (κ2) is 14.1. The summed E-state index contributed by atoms with van der Waals surface area (Å²) >= 11 is 0. The molecule has 0 aliphatic heterocycles. The summed E-state index contributed by atoms with van der Waals surface area (Å²) in [6, 6.07) is 13.9. The first-order valence-electron chi connectivity index (χ1n) is 14.8. The summed E-state index contributed by atoms with van der Waals surface area (Å²) in [7, 11) is 0. The lowest BCUT2D eigenvalue weighted by Crippen LogP contribution is -2.58. The molecule has 0 radical (unpaired) electrons. The minimum absolute atomic E-state index is 0.293. The largest absolute Gasteiger partial charge is 0.482 e. The van der Waals surface area contributed by atoms with Crippen LogP contribution in [0.1, 0.15) is 116 Å². The molecule has 1 atom stereocenters. The lowest BCUT2D eigenvalue weighted by molar-refractivity contribution is -0.150. The molecule has 1 unspecified atom stereocenters. The molecule has 0 aliphatic rings. The highest BCUT2D eigenvalue weighted by atomic mass is 16.5. The van der Waals surface area contributed by atoms with Crippen LogP contribution in [0.25, 0.3) is 0 Å². The Morgan fingerprint density at radius 3 is 1.64 bits per heavy atom. The molecule has 0 bridgehead atoms. The molecule has 5 nitrogen and oxygen atoms in total. The molecule has 0 aromatic heterocycles. The van der Waals surface area contributed by atoms with E-state index < -0.39 is 30.8 Å². The Bertz CT molecular complexity index is 959. The van der Waals surface area contributed by atoms with Crippen LogP contribution in [0.2, 0.25) is 0 Å². The van der Waals surface area contributed by atoms with Crippen LogP contribution in [0.15, 0.2) is 42.5 Å². The second-order valence-corrected chi connectivity index (χ2v) is 13.3. The molecule has 0 aliphatic carbocycles. The summed E-state index contributed by atoms with van der Waals surface area (Å²) in [5.74, 6) is 0.644. The molecular formula is C34H55NO4. The van der Waals surface area contributed by atoms with Gasteiger partial charge in [-0.15, -0.1) is 0 Å². The van der Waals surface area contributed by atoms with Gasteiger partial charge in [0.25, 0.3) is 0 Å². The van der Waals surface area contributed by atoms with Crippen molar-refractivity contribution in [2.75, 3.05) is 19.8 Å². The molecule has 39 heavy (non-hydrogen) atoms. The molecule has 2 rings (SSSR count). The van der Waals surface area contributed by atoms with E-state index in [-0.39, 0.29) is 10.8 Å². The third kappa shape index (κ3) is 7.64. The number of hydrogen-bond acceptors (Lipinski definition) is 5. The van der Waals surface area contributed by atoms with Gasteiger partial charge in [-0.25, -0.2) is 0 Å². The number of hydrogen-bond donors (Lipinski definition) is 4. The van der Waals surface area contributed by atoms with E-state index in [1.54, 1.807) is 0 Å². The molecule has 0 spiro atoms. The fraction of sp³-hybridized carbons (Fsp3) is 0.647. The number of aliphatic hydroxyl groups is 3. The van der Waals surface area contributed by atoms with Crippen LogP contribution in [0.3, 0.4) is 0 Å². The average Bonchev–Trinajstić information content (AvgIpc) is 2.90. The van der Waals surface area contributed by atoms with Gasteiger partial charge in [-0.3, -0.25) is 0 Å². The third-order valence-corrected chi connectivity index (χ3v) is 8.14. The molecule has 5 N–H and O–H groups in total. The molecule has 0 saturated carbocycles. The first kappa shape index (κ1) is 33.3. The van der Waals surface area contributed by atoms with Crippen LogP contribution >= 0.6 is 0 Å². The zero-order valence-corrected chi connectivity index (χ0v) is 25.6. The van der Waals surface area contributed by atoms with Crippen molar-refractivity contribution in [3.63, 3.8) is 0 Å². The standard InChI is InChI=1S/C34H55NO4/c1-8-9-10-11-12-16-19-34(33(23-36,24-37)25-38,39-27-17-14-13-15-18-27)30-28(31(2,3)4)20-26(22-35)21-29(30)32(5,6)7/h13-15,17-18,20-21,36-38H,8-12,16,19,22-25,35H2,1-7H3.